The number of rotatable bonds is 6. The summed E-state index contributed by atoms with van der Waals surface area (Å²) in [7, 11) is 0. The summed E-state index contributed by atoms with van der Waals surface area (Å²) in [5.74, 6) is 0.749. The number of hydrogen-bond acceptors (Lipinski definition) is 4. The first-order valence-electron chi connectivity index (χ1n) is 6.55. The van der Waals surface area contributed by atoms with Gasteiger partial charge in [-0.3, -0.25) is 4.79 Å². The van der Waals surface area contributed by atoms with Gasteiger partial charge in [0.1, 0.15) is 19.3 Å². The summed E-state index contributed by atoms with van der Waals surface area (Å²) >= 11 is 0. The molecule has 1 atom stereocenters. The van der Waals surface area contributed by atoms with Crippen LogP contribution >= 0.6 is 0 Å². The Morgan fingerprint density at radius 3 is 2.79 bits per heavy atom. The maximum absolute atomic E-state index is 10.9. The molecular weight excluding hydrogens is 246 g/mol. The van der Waals surface area contributed by atoms with E-state index in [2.05, 4.69) is 5.32 Å². The number of nitrogens with one attached hydrogen (secondary N) is 1. The molecule has 0 fully saturated rings. The van der Waals surface area contributed by atoms with Crippen molar-refractivity contribution in [1.29, 1.82) is 0 Å². The Balaban J connectivity index is 1.88. The Kier molecular flexibility index (Phi) is 4.63. The van der Waals surface area contributed by atoms with Crippen LogP contribution in [0.3, 0.4) is 0 Å². The molecule has 1 aliphatic rings. The van der Waals surface area contributed by atoms with Crippen LogP contribution in [0.15, 0.2) is 18.2 Å². The largest absolute Gasteiger partial charge is 0.486 e. The van der Waals surface area contributed by atoms with E-state index in [4.69, 9.17) is 14.6 Å². The van der Waals surface area contributed by atoms with Gasteiger partial charge in [0, 0.05) is 0 Å². The third-order valence-corrected chi connectivity index (χ3v) is 3.12. The number of carboxylic acid groups (broad SMARTS) is 1. The van der Waals surface area contributed by atoms with Gasteiger partial charge in [0.25, 0.3) is 0 Å². The normalized spacial score (nSPS) is 15.0. The van der Waals surface area contributed by atoms with E-state index in [1.807, 2.05) is 25.1 Å². The van der Waals surface area contributed by atoms with E-state index in [9.17, 15) is 4.79 Å². The van der Waals surface area contributed by atoms with Gasteiger partial charge in [-0.1, -0.05) is 13.0 Å². The number of ether oxygens (including phenoxy) is 2. The van der Waals surface area contributed by atoms with E-state index in [0.29, 0.717) is 26.2 Å². The number of aliphatic carboxylic acids is 1. The van der Waals surface area contributed by atoms with Crippen molar-refractivity contribution >= 4 is 5.97 Å². The Bertz CT molecular complexity index is 447. The Morgan fingerprint density at radius 2 is 2.11 bits per heavy atom. The molecule has 104 valence electrons. The highest BCUT2D eigenvalue weighted by Crippen LogP contribution is 2.30. The van der Waals surface area contributed by atoms with Crippen LogP contribution in [0.25, 0.3) is 0 Å². The highest BCUT2D eigenvalue weighted by atomic mass is 16.6. The molecule has 1 aromatic rings. The van der Waals surface area contributed by atoms with Gasteiger partial charge in [-0.2, -0.15) is 0 Å². The quantitative estimate of drug-likeness (QED) is 0.815. The number of carboxylic acids is 1. The number of benzene rings is 1. The highest BCUT2D eigenvalue weighted by Gasteiger charge is 2.14. The summed E-state index contributed by atoms with van der Waals surface area (Å²) in [6, 6.07) is 5.37. The summed E-state index contributed by atoms with van der Waals surface area (Å²) in [6.45, 7) is 3.65. The smallest absolute Gasteiger partial charge is 0.320 e. The average Bonchev–Trinajstić information content (AvgIpc) is 2.43. The Labute approximate surface area is 112 Å². The van der Waals surface area contributed by atoms with E-state index >= 15 is 0 Å². The topological polar surface area (TPSA) is 67.8 Å². The summed E-state index contributed by atoms with van der Waals surface area (Å²) in [5, 5.41) is 12.0. The summed E-state index contributed by atoms with van der Waals surface area (Å²) in [5.41, 5.74) is 1.11. The average molecular weight is 265 g/mol. The van der Waals surface area contributed by atoms with Gasteiger partial charge in [0.15, 0.2) is 11.5 Å². The molecule has 5 heteroatoms. The van der Waals surface area contributed by atoms with E-state index < -0.39 is 12.0 Å². The zero-order chi connectivity index (χ0) is 13.7. The van der Waals surface area contributed by atoms with E-state index in [0.717, 1.165) is 23.5 Å². The molecule has 0 spiro atoms. The van der Waals surface area contributed by atoms with Crippen LogP contribution in [0.1, 0.15) is 18.9 Å². The SMILES string of the molecule is CCC(NCCc1ccc2c(c1)OCCO2)C(=O)O. The molecule has 0 aromatic heterocycles. The molecule has 0 aliphatic carbocycles. The first kappa shape index (κ1) is 13.7. The third-order valence-electron chi connectivity index (χ3n) is 3.12. The van der Waals surface area contributed by atoms with Crippen LogP contribution in [0.2, 0.25) is 0 Å². The fourth-order valence-corrected chi connectivity index (χ4v) is 2.04. The lowest BCUT2D eigenvalue weighted by molar-refractivity contribution is -0.139. The zero-order valence-electron chi connectivity index (χ0n) is 11.0. The molecule has 0 amide bonds. The van der Waals surface area contributed by atoms with Crippen LogP contribution in [0, 0.1) is 0 Å². The molecular formula is C14H19NO4. The summed E-state index contributed by atoms with van der Waals surface area (Å²) in [4.78, 5) is 10.9. The Morgan fingerprint density at radius 1 is 1.37 bits per heavy atom. The maximum Gasteiger partial charge on any atom is 0.320 e. The minimum Gasteiger partial charge on any atom is -0.486 e. The Hall–Kier alpha value is -1.75. The van der Waals surface area contributed by atoms with Crippen LogP contribution in [0.4, 0.5) is 0 Å². The first-order valence-corrected chi connectivity index (χ1v) is 6.55. The van der Waals surface area contributed by atoms with Crippen molar-refractivity contribution in [1.82, 2.24) is 5.32 Å². The summed E-state index contributed by atoms with van der Waals surface area (Å²) < 4.78 is 11.0. The molecule has 5 nitrogen and oxygen atoms in total. The minimum atomic E-state index is -0.801. The molecule has 0 saturated heterocycles. The summed E-state index contributed by atoms with van der Waals surface area (Å²) in [6.07, 6.45) is 1.34. The van der Waals surface area contributed by atoms with E-state index in [1.54, 1.807) is 0 Å². The fourth-order valence-electron chi connectivity index (χ4n) is 2.04. The van der Waals surface area contributed by atoms with Crippen LogP contribution in [-0.4, -0.2) is 36.9 Å². The van der Waals surface area contributed by atoms with Crippen LogP contribution < -0.4 is 14.8 Å². The molecule has 1 unspecified atom stereocenters. The van der Waals surface area contributed by atoms with E-state index in [-0.39, 0.29) is 0 Å². The second-order valence-corrected chi connectivity index (χ2v) is 4.48. The minimum absolute atomic E-state index is 0.475. The van der Waals surface area contributed by atoms with Crippen molar-refractivity contribution in [2.75, 3.05) is 19.8 Å². The molecule has 1 heterocycles. The lowest BCUT2D eigenvalue weighted by Gasteiger charge is -2.19. The molecule has 1 aromatic carbocycles. The molecule has 1 aliphatic heterocycles. The monoisotopic (exact) mass is 265 g/mol. The molecule has 0 saturated carbocycles. The van der Waals surface area contributed by atoms with Gasteiger partial charge in [0.05, 0.1) is 0 Å². The first-order chi connectivity index (χ1) is 9.20. The van der Waals surface area contributed by atoms with Gasteiger partial charge in [-0.05, 0) is 37.1 Å². The zero-order valence-corrected chi connectivity index (χ0v) is 11.0. The molecule has 2 N–H and O–H groups in total. The van der Waals surface area contributed by atoms with Crippen molar-refractivity contribution in [3.63, 3.8) is 0 Å². The highest BCUT2D eigenvalue weighted by molar-refractivity contribution is 5.73. The van der Waals surface area contributed by atoms with E-state index in [1.165, 1.54) is 0 Å². The van der Waals surface area contributed by atoms with Gasteiger partial charge in [0.2, 0.25) is 0 Å². The molecule has 0 bridgehead atoms. The van der Waals surface area contributed by atoms with Crippen LogP contribution in [0.5, 0.6) is 11.5 Å². The fraction of sp³-hybridized carbons (Fsp3) is 0.500. The maximum atomic E-state index is 10.9. The van der Waals surface area contributed by atoms with Crippen molar-refractivity contribution < 1.29 is 19.4 Å². The number of carbonyl (C=O) groups is 1. The second-order valence-electron chi connectivity index (χ2n) is 4.48. The number of hydrogen-bond donors (Lipinski definition) is 2. The molecule has 0 radical (unpaired) electrons. The van der Waals surface area contributed by atoms with Gasteiger partial charge in [-0.25, -0.2) is 0 Å². The van der Waals surface area contributed by atoms with Crippen molar-refractivity contribution in [3.05, 3.63) is 23.8 Å². The second kappa shape index (κ2) is 6.43. The van der Waals surface area contributed by atoms with Gasteiger partial charge < -0.3 is 19.9 Å². The van der Waals surface area contributed by atoms with Crippen molar-refractivity contribution in [2.45, 2.75) is 25.8 Å². The standard InChI is InChI=1S/C14H19NO4/c1-2-11(14(16)17)15-6-5-10-3-4-12-13(9-10)19-8-7-18-12/h3-4,9,11,15H,2,5-8H2,1H3,(H,16,17). The van der Waals surface area contributed by atoms with Crippen LogP contribution in [-0.2, 0) is 11.2 Å². The number of fused-ring (bicyclic) bond motifs is 1. The lowest BCUT2D eigenvalue weighted by atomic mass is 10.1. The van der Waals surface area contributed by atoms with Crippen molar-refractivity contribution in [2.24, 2.45) is 0 Å². The van der Waals surface area contributed by atoms with Gasteiger partial charge >= 0.3 is 5.97 Å². The van der Waals surface area contributed by atoms with Crippen molar-refractivity contribution in [3.8, 4) is 11.5 Å². The predicted molar refractivity (Wildman–Crippen MR) is 70.9 cm³/mol. The third kappa shape index (κ3) is 3.61. The molecule has 19 heavy (non-hydrogen) atoms. The van der Waals surface area contributed by atoms with Gasteiger partial charge in [-0.15, -0.1) is 0 Å². The molecule has 2 rings (SSSR count). The lowest BCUT2D eigenvalue weighted by Crippen LogP contribution is -2.37. The predicted octanol–water partition coefficient (Wildman–Crippen LogP) is 1.45.